The lowest BCUT2D eigenvalue weighted by molar-refractivity contribution is 0.0738. The van der Waals surface area contributed by atoms with Crippen molar-refractivity contribution in [3.05, 3.63) is 30.3 Å². The van der Waals surface area contributed by atoms with Crippen molar-refractivity contribution in [2.24, 2.45) is 5.92 Å². The highest BCUT2D eigenvalue weighted by Gasteiger charge is 2.11. The monoisotopic (exact) mass is 265 g/mol. The molecule has 0 fully saturated rings. The molecule has 0 amide bonds. The van der Waals surface area contributed by atoms with Gasteiger partial charge in [0.1, 0.15) is 12.4 Å². The van der Waals surface area contributed by atoms with Gasteiger partial charge in [-0.1, -0.05) is 39.0 Å². The molecule has 0 aliphatic heterocycles. The molecule has 1 rings (SSSR count). The van der Waals surface area contributed by atoms with Gasteiger partial charge < -0.3 is 14.8 Å². The standard InChI is InChI=1S/C16H27NO2/c1-4-10-17-16(14(2)3)13-18-11-12-19-15-8-6-5-7-9-15/h5-9,14,16-17H,4,10-13H2,1-3H3. The molecule has 0 spiro atoms. The summed E-state index contributed by atoms with van der Waals surface area (Å²) in [6.07, 6.45) is 1.15. The van der Waals surface area contributed by atoms with E-state index in [1.807, 2.05) is 30.3 Å². The second-order valence-corrected chi connectivity index (χ2v) is 5.04. The second kappa shape index (κ2) is 9.82. The highest BCUT2D eigenvalue weighted by molar-refractivity contribution is 5.20. The van der Waals surface area contributed by atoms with E-state index in [2.05, 4.69) is 26.1 Å². The van der Waals surface area contributed by atoms with E-state index >= 15 is 0 Å². The summed E-state index contributed by atoms with van der Waals surface area (Å²) in [5.74, 6) is 1.48. The molecule has 0 saturated carbocycles. The van der Waals surface area contributed by atoms with Crippen LogP contribution in [0.1, 0.15) is 27.2 Å². The van der Waals surface area contributed by atoms with Gasteiger partial charge in [-0.05, 0) is 31.0 Å². The van der Waals surface area contributed by atoms with Gasteiger partial charge in [0, 0.05) is 6.04 Å². The molecule has 0 radical (unpaired) electrons. The second-order valence-electron chi connectivity index (χ2n) is 5.04. The maximum absolute atomic E-state index is 5.69. The van der Waals surface area contributed by atoms with Crippen molar-refractivity contribution in [1.82, 2.24) is 5.32 Å². The molecule has 1 aromatic rings. The first-order chi connectivity index (χ1) is 9.24. The van der Waals surface area contributed by atoms with Gasteiger partial charge >= 0.3 is 0 Å². The number of hydrogen-bond donors (Lipinski definition) is 1. The molecule has 3 heteroatoms. The topological polar surface area (TPSA) is 30.5 Å². The van der Waals surface area contributed by atoms with Crippen LogP contribution in [0, 0.1) is 5.92 Å². The molecule has 19 heavy (non-hydrogen) atoms. The van der Waals surface area contributed by atoms with E-state index < -0.39 is 0 Å². The Morgan fingerprint density at radius 3 is 2.47 bits per heavy atom. The Labute approximate surface area is 117 Å². The van der Waals surface area contributed by atoms with Crippen molar-refractivity contribution < 1.29 is 9.47 Å². The smallest absolute Gasteiger partial charge is 0.119 e. The van der Waals surface area contributed by atoms with Crippen LogP contribution in [0.2, 0.25) is 0 Å². The van der Waals surface area contributed by atoms with Gasteiger partial charge in [0.05, 0.1) is 13.2 Å². The maximum atomic E-state index is 5.69. The minimum absolute atomic E-state index is 0.427. The zero-order valence-corrected chi connectivity index (χ0v) is 12.4. The molecular weight excluding hydrogens is 238 g/mol. The minimum atomic E-state index is 0.427. The van der Waals surface area contributed by atoms with Crippen molar-refractivity contribution >= 4 is 0 Å². The van der Waals surface area contributed by atoms with Crippen LogP contribution in [-0.4, -0.2) is 32.4 Å². The number of para-hydroxylation sites is 1. The SMILES string of the molecule is CCCNC(COCCOc1ccccc1)C(C)C. The summed E-state index contributed by atoms with van der Waals surface area (Å²) >= 11 is 0. The first-order valence-corrected chi connectivity index (χ1v) is 7.23. The van der Waals surface area contributed by atoms with E-state index in [4.69, 9.17) is 9.47 Å². The Morgan fingerprint density at radius 1 is 1.11 bits per heavy atom. The van der Waals surface area contributed by atoms with E-state index in [0.29, 0.717) is 25.2 Å². The molecule has 0 aliphatic carbocycles. The van der Waals surface area contributed by atoms with Crippen LogP contribution in [0.25, 0.3) is 0 Å². The Balaban J connectivity index is 2.11. The van der Waals surface area contributed by atoms with Crippen LogP contribution in [0.3, 0.4) is 0 Å². The molecular formula is C16H27NO2. The summed E-state index contributed by atoms with van der Waals surface area (Å²) < 4.78 is 11.3. The van der Waals surface area contributed by atoms with E-state index in [9.17, 15) is 0 Å². The van der Waals surface area contributed by atoms with Crippen molar-refractivity contribution in [3.8, 4) is 5.75 Å². The highest BCUT2D eigenvalue weighted by Crippen LogP contribution is 2.08. The van der Waals surface area contributed by atoms with Gasteiger partial charge in [0.25, 0.3) is 0 Å². The van der Waals surface area contributed by atoms with E-state index in [-0.39, 0.29) is 0 Å². The Bertz CT molecular complexity index is 314. The molecule has 1 atom stereocenters. The van der Waals surface area contributed by atoms with Crippen LogP contribution in [0.15, 0.2) is 30.3 Å². The van der Waals surface area contributed by atoms with Crippen molar-refractivity contribution in [2.45, 2.75) is 33.2 Å². The summed E-state index contributed by atoms with van der Waals surface area (Å²) in [4.78, 5) is 0. The first-order valence-electron chi connectivity index (χ1n) is 7.23. The number of ether oxygens (including phenoxy) is 2. The van der Waals surface area contributed by atoms with Crippen LogP contribution >= 0.6 is 0 Å². The third kappa shape index (κ3) is 7.19. The van der Waals surface area contributed by atoms with Crippen molar-refractivity contribution in [2.75, 3.05) is 26.4 Å². The normalized spacial score (nSPS) is 12.6. The van der Waals surface area contributed by atoms with Crippen molar-refractivity contribution in [1.29, 1.82) is 0 Å². The molecule has 0 aliphatic rings. The van der Waals surface area contributed by atoms with Gasteiger partial charge in [-0.25, -0.2) is 0 Å². The minimum Gasteiger partial charge on any atom is -0.491 e. The molecule has 0 heterocycles. The fraction of sp³-hybridized carbons (Fsp3) is 0.625. The summed E-state index contributed by atoms with van der Waals surface area (Å²) in [6.45, 7) is 9.64. The van der Waals surface area contributed by atoms with E-state index in [0.717, 1.165) is 25.3 Å². The molecule has 1 N–H and O–H groups in total. The van der Waals surface area contributed by atoms with Crippen molar-refractivity contribution in [3.63, 3.8) is 0 Å². The largest absolute Gasteiger partial charge is 0.491 e. The fourth-order valence-electron chi connectivity index (χ4n) is 1.76. The van der Waals surface area contributed by atoms with E-state index in [1.54, 1.807) is 0 Å². The predicted octanol–water partition coefficient (Wildman–Crippen LogP) is 3.11. The number of nitrogens with one attached hydrogen (secondary N) is 1. The third-order valence-electron chi connectivity index (χ3n) is 3.00. The first kappa shape index (κ1) is 16.0. The van der Waals surface area contributed by atoms with Crippen LogP contribution in [0.4, 0.5) is 0 Å². The van der Waals surface area contributed by atoms with Gasteiger partial charge in [-0.3, -0.25) is 0 Å². The van der Waals surface area contributed by atoms with Crippen LogP contribution in [-0.2, 0) is 4.74 Å². The summed E-state index contributed by atoms with van der Waals surface area (Å²) in [7, 11) is 0. The lowest BCUT2D eigenvalue weighted by Crippen LogP contribution is -2.38. The average Bonchev–Trinajstić information content (AvgIpc) is 2.42. The molecule has 0 aromatic heterocycles. The zero-order valence-electron chi connectivity index (χ0n) is 12.4. The Hall–Kier alpha value is -1.06. The molecule has 1 aromatic carbocycles. The molecule has 0 bridgehead atoms. The quantitative estimate of drug-likeness (QED) is 0.659. The molecule has 108 valence electrons. The van der Waals surface area contributed by atoms with E-state index in [1.165, 1.54) is 0 Å². The lowest BCUT2D eigenvalue weighted by Gasteiger charge is -2.22. The van der Waals surface area contributed by atoms with Crippen LogP contribution < -0.4 is 10.1 Å². The fourth-order valence-corrected chi connectivity index (χ4v) is 1.76. The number of rotatable bonds is 10. The summed E-state index contributed by atoms with van der Waals surface area (Å²) in [5.41, 5.74) is 0. The Kier molecular flexibility index (Phi) is 8.26. The average molecular weight is 265 g/mol. The molecule has 1 unspecified atom stereocenters. The number of benzene rings is 1. The van der Waals surface area contributed by atoms with Crippen LogP contribution in [0.5, 0.6) is 5.75 Å². The third-order valence-corrected chi connectivity index (χ3v) is 3.00. The maximum Gasteiger partial charge on any atom is 0.119 e. The van der Waals surface area contributed by atoms with Gasteiger partial charge in [-0.15, -0.1) is 0 Å². The highest BCUT2D eigenvalue weighted by atomic mass is 16.5. The van der Waals surface area contributed by atoms with Gasteiger partial charge in [-0.2, -0.15) is 0 Å². The number of hydrogen-bond acceptors (Lipinski definition) is 3. The summed E-state index contributed by atoms with van der Waals surface area (Å²) in [5, 5.41) is 3.51. The molecule has 3 nitrogen and oxygen atoms in total. The van der Waals surface area contributed by atoms with Gasteiger partial charge in [0.15, 0.2) is 0 Å². The molecule has 0 saturated heterocycles. The predicted molar refractivity (Wildman–Crippen MR) is 79.7 cm³/mol. The lowest BCUT2D eigenvalue weighted by atomic mass is 10.1. The van der Waals surface area contributed by atoms with Gasteiger partial charge in [0.2, 0.25) is 0 Å². The summed E-state index contributed by atoms with van der Waals surface area (Å²) in [6, 6.07) is 10.3. The Morgan fingerprint density at radius 2 is 1.84 bits per heavy atom. The zero-order chi connectivity index (χ0) is 13.9.